The Morgan fingerprint density at radius 2 is 1.85 bits per heavy atom. The van der Waals surface area contributed by atoms with Gasteiger partial charge in [0.2, 0.25) is 0 Å². The van der Waals surface area contributed by atoms with Crippen LogP contribution < -0.4 is 5.32 Å². The van der Waals surface area contributed by atoms with Crippen molar-refractivity contribution in [2.45, 2.75) is 76.6 Å². The van der Waals surface area contributed by atoms with Gasteiger partial charge in [0.15, 0.2) is 0 Å². The Labute approximate surface area is 120 Å². The molecule has 0 aromatic heterocycles. The third-order valence-corrected chi connectivity index (χ3v) is 5.15. The summed E-state index contributed by atoms with van der Waals surface area (Å²) < 4.78 is 5.38. The van der Waals surface area contributed by atoms with Gasteiger partial charge in [0.25, 0.3) is 0 Å². The van der Waals surface area contributed by atoms with Crippen LogP contribution in [0.15, 0.2) is 0 Å². The molecule has 2 N–H and O–H groups in total. The Hall–Kier alpha value is -0.810. The molecule has 20 heavy (non-hydrogen) atoms. The third-order valence-electron chi connectivity index (χ3n) is 5.15. The van der Waals surface area contributed by atoms with Gasteiger partial charge in [0.05, 0.1) is 0 Å². The number of nitrogens with zero attached hydrogens (tertiary/aromatic N) is 1. The van der Waals surface area contributed by atoms with Gasteiger partial charge in [-0.1, -0.05) is 0 Å². The highest BCUT2D eigenvalue weighted by molar-refractivity contribution is 5.68. The van der Waals surface area contributed by atoms with E-state index >= 15 is 0 Å². The summed E-state index contributed by atoms with van der Waals surface area (Å²) in [6.07, 6.45) is 3.56. The average Bonchev–Trinajstić information content (AvgIpc) is 2.25. The summed E-state index contributed by atoms with van der Waals surface area (Å²) >= 11 is 0. The van der Waals surface area contributed by atoms with E-state index in [4.69, 9.17) is 4.74 Å². The summed E-state index contributed by atoms with van der Waals surface area (Å²) in [7, 11) is 0. The molecule has 1 amide bonds. The Morgan fingerprint density at radius 3 is 2.30 bits per heavy atom. The second-order valence-corrected chi connectivity index (χ2v) is 8.07. The number of nitrogens with one attached hydrogen (secondary N) is 1. The van der Waals surface area contributed by atoms with Gasteiger partial charge < -0.3 is 15.3 Å². The van der Waals surface area contributed by atoms with Gasteiger partial charge in [-0.2, -0.15) is 5.06 Å². The maximum atomic E-state index is 12.0. The maximum Gasteiger partial charge on any atom is 0.407 e. The van der Waals surface area contributed by atoms with E-state index in [1.165, 1.54) is 0 Å². The van der Waals surface area contributed by atoms with E-state index in [2.05, 4.69) is 12.2 Å². The molecule has 4 aliphatic rings. The monoisotopic (exact) mass is 282 g/mol. The molecule has 2 saturated carbocycles. The highest BCUT2D eigenvalue weighted by Gasteiger charge is 2.57. The molecule has 5 heteroatoms. The number of carbonyl (C=O) groups is 1. The van der Waals surface area contributed by atoms with Crippen LogP contribution >= 0.6 is 0 Å². The SMILES string of the molecule is CC(C)(C)OC(=O)NC1[C@@H]2CC3C[C@H]1CC(C)(C2)N3O. The lowest BCUT2D eigenvalue weighted by Gasteiger charge is -2.62. The fraction of sp³-hybridized carbons (Fsp3) is 0.933. The fourth-order valence-electron chi connectivity index (χ4n) is 4.61. The molecule has 3 unspecified atom stereocenters. The first-order valence-corrected chi connectivity index (χ1v) is 7.66. The average molecular weight is 282 g/mol. The van der Waals surface area contributed by atoms with E-state index in [0.29, 0.717) is 11.8 Å². The molecule has 4 bridgehead atoms. The number of amides is 1. The van der Waals surface area contributed by atoms with Gasteiger partial charge in [-0.05, 0) is 65.2 Å². The topological polar surface area (TPSA) is 61.8 Å². The first-order valence-electron chi connectivity index (χ1n) is 7.66. The van der Waals surface area contributed by atoms with Crippen LogP contribution in [-0.4, -0.2) is 39.6 Å². The highest BCUT2D eigenvalue weighted by atomic mass is 16.6. The largest absolute Gasteiger partial charge is 0.444 e. The zero-order valence-corrected chi connectivity index (χ0v) is 12.8. The molecule has 114 valence electrons. The third kappa shape index (κ3) is 2.31. The van der Waals surface area contributed by atoms with E-state index in [1.54, 1.807) is 5.06 Å². The number of piperidine rings is 2. The Kier molecular flexibility index (Phi) is 3.07. The minimum Gasteiger partial charge on any atom is -0.444 e. The zero-order chi connectivity index (χ0) is 14.7. The molecule has 4 rings (SSSR count). The lowest BCUT2D eigenvalue weighted by Crippen LogP contribution is -2.69. The molecule has 5 nitrogen and oxygen atoms in total. The number of hydroxylamine groups is 2. The van der Waals surface area contributed by atoms with Crippen molar-refractivity contribution in [3.05, 3.63) is 0 Å². The van der Waals surface area contributed by atoms with Gasteiger partial charge in [0.1, 0.15) is 5.60 Å². The molecule has 0 aromatic rings. The molecule has 0 aromatic carbocycles. The molecule has 2 aliphatic carbocycles. The Balaban J connectivity index is 1.68. The van der Waals surface area contributed by atoms with Crippen molar-refractivity contribution < 1.29 is 14.7 Å². The molecule has 2 heterocycles. The van der Waals surface area contributed by atoms with Crippen LogP contribution in [-0.2, 0) is 4.74 Å². The van der Waals surface area contributed by atoms with Crippen molar-refractivity contribution in [1.82, 2.24) is 10.4 Å². The minimum atomic E-state index is -0.454. The Morgan fingerprint density at radius 1 is 1.30 bits per heavy atom. The molecule has 0 radical (unpaired) electrons. The maximum absolute atomic E-state index is 12.0. The summed E-state index contributed by atoms with van der Waals surface area (Å²) in [5.74, 6) is 0.932. The normalized spacial score (nSPS) is 43.6. The quantitative estimate of drug-likeness (QED) is 0.776. The second kappa shape index (κ2) is 4.34. The molecular weight excluding hydrogens is 256 g/mol. The number of hydrogen-bond donors (Lipinski definition) is 2. The van der Waals surface area contributed by atoms with E-state index in [0.717, 1.165) is 25.7 Å². The fourth-order valence-corrected chi connectivity index (χ4v) is 4.61. The van der Waals surface area contributed by atoms with Crippen LogP contribution in [0.5, 0.6) is 0 Å². The number of hydrogen-bond acceptors (Lipinski definition) is 4. The molecule has 5 atom stereocenters. The smallest absolute Gasteiger partial charge is 0.407 e. The molecule has 0 spiro atoms. The zero-order valence-electron chi connectivity index (χ0n) is 12.8. The number of ether oxygens (including phenoxy) is 1. The number of alkyl carbamates (subject to hydrolysis) is 1. The lowest BCUT2D eigenvalue weighted by atomic mass is 9.57. The van der Waals surface area contributed by atoms with E-state index in [1.807, 2.05) is 20.8 Å². The van der Waals surface area contributed by atoms with Gasteiger partial charge in [-0.25, -0.2) is 4.79 Å². The summed E-state index contributed by atoms with van der Waals surface area (Å²) in [5, 5.41) is 14.9. The lowest BCUT2D eigenvalue weighted by molar-refractivity contribution is -0.274. The van der Waals surface area contributed by atoms with Crippen LogP contribution in [0.2, 0.25) is 0 Å². The van der Waals surface area contributed by atoms with E-state index in [-0.39, 0.29) is 23.7 Å². The van der Waals surface area contributed by atoms with Crippen LogP contribution in [0.4, 0.5) is 4.79 Å². The van der Waals surface area contributed by atoms with Crippen LogP contribution in [0.1, 0.15) is 53.4 Å². The first-order chi connectivity index (χ1) is 9.18. The first kappa shape index (κ1) is 14.1. The van der Waals surface area contributed by atoms with Crippen molar-refractivity contribution in [3.8, 4) is 0 Å². The summed E-state index contributed by atoms with van der Waals surface area (Å²) in [5.41, 5.74) is -0.549. The van der Waals surface area contributed by atoms with Gasteiger partial charge in [-0.3, -0.25) is 0 Å². The predicted octanol–water partition coefficient (Wildman–Crippen LogP) is 2.53. The molecule has 2 saturated heterocycles. The predicted molar refractivity (Wildman–Crippen MR) is 74.4 cm³/mol. The summed E-state index contributed by atoms with van der Waals surface area (Å²) in [6, 6.07) is 0.483. The summed E-state index contributed by atoms with van der Waals surface area (Å²) in [4.78, 5) is 12.0. The minimum absolute atomic E-state index is 0.0946. The van der Waals surface area contributed by atoms with Crippen molar-refractivity contribution in [3.63, 3.8) is 0 Å². The van der Waals surface area contributed by atoms with Crippen LogP contribution in [0.3, 0.4) is 0 Å². The number of rotatable bonds is 1. The van der Waals surface area contributed by atoms with Crippen molar-refractivity contribution in [1.29, 1.82) is 0 Å². The molecule has 4 fully saturated rings. The standard InChI is InChI=1S/C15H26N2O3/c1-14(2,3)20-13(18)16-12-9-5-11-6-10(12)8-15(4,7-9)17(11)19/h9-12,19H,5-8H2,1-4H3,(H,16,18)/t9-,10+,11?,12?,15?. The molecule has 2 aliphatic heterocycles. The highest BCUT2D eigenvalue weighted by Crippen LogP contribution is 2.53. The van der Waals surface area contributed by atoms with E-state index < -0.39 is 5.60 Å². The van der Waals surface area contributed by atoms with Crippen molar-refractivity contribution in [2.24, 2.45) is 11.8 Å². The Bertz CT molecular complexity index is 402. The van der Waals surface area contributed by atoms with Crippen LogP contribution in [0, 0.1) is 11.8 Å². The van der Waals surface area contributed by atoms with Gasteiger partial charge in [-0.15, -0.1) is 0 Å². The van der Waals surface area contributed by atoms with Crippen molar-refractivity contribution >= 4 is 6.09 Å². The van der Waals surface area contributed by atoms with Gasteiger partial charge >= 0.3 is 6.09 Å². The van der Waals surface area contributed by atoms with Gasteiger partial charge in [0, 0.05) is 17.6 Å². The van der Waals surface area contributed by atoms with Crippen molar-refractivity contribution in [2.75, 3.05) is 0 Å². The summed E-state index contributed by atoms with van der Waals surface area (Å²) in [6.45, 7) is 7.79. The second-order valence-electron chi connectivity index (χ2n) is 8.07. The van der Waals surface area contributed by atoms with Crippen LogP contribution in [0.25, 0.3) is 0 Å². The number of carbonyl (C=O) groups excluding carboxylic acids is 1. The van der Waals surface area contributed by atoms with E-state index in [9.17, 15) is 10.0 Å². The molecular formula is C15H26N2O3.